The first-order valence-electron chi connectivity index (χ1n) is 8.45. The molecule has 1 fully saturated rings. The molecule has 0 aliphatic heterocycles. The molecule has 1 aliphatic rings. The largest absolute Gasteiger partial charge is 0.348 e. The Balaban J connectivity index is 1.40. The Morgan fingerprint density at radius 2 is 2.12 bits per heavy atom. The zero-order chi connectivity index (χ0) is 16.5. The minimum Gasteiger partial charge on any atom is -0.348 e. The highest BCUT2D eigenvalue weighted by atomic mass is 16.2. The Labute approximate surface area is 140 Å². The van der Waals surface area contributed by atoms with E-state index in [0.717, 1.165) is 36.9 Å². The number of rotatable bonds is 3. The van der Waals surface area contributed by atoms with Gasteiger partial charge in [-0.1, -0.05) is 0 Å². The highest BCUT2D eigenvalue weighted by molar-refractivity contribution is 5.93. The van der Waals surface area contributed by atoms with E-state index >= 15 is 0 Å². The fourth-order valence-corrected chi connectivity index (χ4v) is 3.61. The maximum atomic E-state index is 12.3. The summed E-state index contributed by atoms with van der Waals surface area (Å²) in [6.07, 6.45) is 9.72. The average Bonchev–Trinajstić information content (AvgIpc) is 3.22. The second kappa shape index (κ2) is 6.11. The number of hydrogen-bond acceptors (Lipinski definition) is 3. The van der Waals surface area contributed by atoms with Crippen molar-refractivity contribution >= 4 is 16.9 Å². The molecular formula is C18H21N5O. The third kappa shape index (κ3) is 2.68. The van der Waals surface area contributed by atoms with E-state index in [1.165, 1.54) is 5.39 Å². The summed E-state index contributed by atoms with van der Waals surface area (Å²) in [5.74, 6) is -0.0541. The Bertz CT molecular complexity index is 857. The van der Waals surface area contributed by atoms with E-state index in [4.69, 9.17) is 0 Å². The second-order valence-corrected chi connectivity index (χ2v) is 6.55. The van der Waals surface area contributed by atoms with Gasteiger partial charge in [0.2, 0.25) is 0 Å². The van der Waals surface area contributed by atoms with Gasteiger partial charge < -0.3 is 9.88 Å². The van der Waals surface area contributed by atoms with E-state index in [9.17, 15) is 4.79 Å². The number of aromatic amines is 1. The summed E-state index contributed by atoms with van der Waals surface area (Å²) in [7, 11) is 0. The van der Waals surface area contributed by atoms with E-state index < -0.39 is 0 Å². The maximum Gasteiger partial charge on any atom is 0.269 e. The second-order valence-electron chi connectivity index (χ2n) is 6.55. The van der Waals surface area contributed by atoms with Crippen molar-refractivity contribution in [3.8, 4) is 0 Å². The highest BCUT2D eigenvalue weighted by Gasteiger charge is 2.25. The number of hydrogen-bond donors (Lipinski definition) is 2. The topological polar surface area (TPSA) is 75.6 Å². The molecule has 0 saturated heterocycles. The van der Waals surface area contributed by atoms with Crippen molar-refractivity contribution in [3.05, 3.63) is 48.0 Å². The van der Waals surface area contributed by atoms with Crippen LogP contribution in [0, 0.1) is 6.92 Å². The number of pyridine rings is 1. The Morgan fingerprint density at radius 3 is 2.88 bits per heavy atom. The number of carbonyl (C=O) groups is 1. The van der Waals surface area contributed by atoms with Crippen molar-refractivity contribution in [2.24, 2.45) is 0 Å². The van der Waals surface area contributed by atoms with Crippen LogP contribution in [0.5, 0.6) is 0 Å². The van der Waals surface area contributed by atoms with Gasteiger partial charge in [-0.2, -0.15) is 5.10 Å². The number of amides is 1. The fourth-order valence-electron chi connectivity index (χ4n) is 3.61. The van der Waals surface area contributed by atoms with Crippen LogP contribution in [-0.4, -0.2) is 31.7 Å². The molecule has 1 amide bonds. The molecule has 4 rings (SSSR count). The zero-order valence-electron chi connectivity index (χ0n) is 13.7. The molecule has 2 N–H and O–H groups in total. The van der Waals surface area contributed by atoms with Crippen LogP contribution in [0.4, 0.5) is 0 Å². The van der Waals surface area contributed by atoms with Gasteiger partial charge in [0, 0.05) is 29.9 Å². The van der Waals surface area contributed by atoms with Gasteiger partial charge in [-0.25, -0.2) is 4.98 Å². The minimum absolute atomic E-state index is 0.0541. The van der Waals surface area contributed by atoms with Crippen LogP contribution in [0.2, 0.25) is 0 Å². The molecule has 3 aromatic rings. The molecule has 6 heteroatoms. The number of nitrogens with one attached hydrogen (secondary N) is 2. The summed E-state index contributed by atoms with van der Waals surface area (Å²) in [4.78, 5) is 16.8. The van der Waals surface area contributed by atoms with Gasteiger partial charge in [-0.3, -0.25) is 9.89 Å². The molecule has 0 radical (unpaired) electrons. The quantitative estimate of drug-likeness (QED) is 0.778. The first kappa shape index (κ1) is 14.9. The summed E-state index contributed by atoms with van der Waals surface area (Å²) in [5, 5.41) is 11.0. The van der Waals surface area contributed by atoms with E-state index in [-0.39, 0.29) is 11.9 Å². The van der Waals surface area contributed by atoms with Crippen molar-refractivity contribution in [3.63, 3.8) is 0 Å². The van der Waals surface area contributed by atoms with E-state index in [2.05, 4.69) is 43.4 Å². The lowest BCUT2D eigenvalue weighted by atomic mass is 9.91. The molecule has 24 heavy (non-hydrogen) atoms. The lowest BCUT2D eigenvalue weighted by Crippen LogP contribution is -2.38. The first-order valence-corrected chi connectivity index (χ1v) is 8.45. The third-order valence-electron chi connectivity index (χ3n) is 4.96. The lowest BCUT2D eigenvalue weighted by molar-refractivity contribution is 0.0917. The Kier molecular flexibility index (Phi) is 3.80. The molecule has 1 saturated carbocycles. The van der Waals surface area contributed by atoms with E-state index in [1.807, 2.05) is 19.2 Å². The number of aromatic nitrogens is 4. The van der Waals surface area contributed by atoms with Crippen molar-refractivity contribution in [2.75, 3.05) is 0 Å². The number of aryl methyl sites for hydroxylation is 1. The molecule has 124 valence electrons. The molecular weight excluding hydrogens is 302 g/mol. The van der Waals surface area contributed by atoms with Crippen LogP contribution < -0.4 is 5.32 Å². The molecule has 3 aromatic heterocycles. The molecule has 3 heterocycles. The smallest absolute Gasteiger partial charge is 0.269 e. The summed E-state index contributed by atoms with van der Waals surface area (Å²) in [6.45, 7) is 1.89. The summed E-state index contributed by atoms with van der Waals surface area (Å²) in [5.41, 5.74) is 2.50. The van der Waals surface area contributed by atoms with Gasteiger partial charge in [0.1, 0.15) is 11.3 Å². The summed E-state index contributed by atoms with van der Waals surface area (Å²) >= 11 is 0. The molecule has 0 unspecified atom stereocenters. The van der Waals surface area contributed by atoms with E-state index in [1.54, 1.807) is 6.20 Å². The van der Waals surface area contributed by atoms with Crippen LogP contribution in [0.1, 0.15) is 47.8 Å². The van der Waals surface area contributed by atoms with Gasteiger partial charge in [0.15, 0.2) is 0 Å². The van der Waals surface area contributed by atoms with Gasteiger partial charge in [-0.15, -0.1) is 0 Å². The predicted octanol–water partition coefficient (Wildman–Crippen LogP) is 2.98. The van der Waals surface area contributed by atoms with Crippen molar-refractivity contribution < 1.29 is 4.79 Å². The third-order valence-corrected chi connectivity index (χ3v) is 4.96. The molecule has 1 aliphatic carbocycles. The SMILES string of the molecule is Cc1cn[nH]c1C(=O)NC1CCC(n2ccc3cccnc32)CC1. The van der Waals surface area contributed by atoms with Crippen LogP contribution in [-0.2, 0) is 0 Å². The van der Waals surface area contributed by atoms with E-state index in [0.29, 0.717) is 11.7 Å². The maximum absolute atomic E-state index is 12.3. The molecule has 0 aromatic carbocycles. The van der Waals surface area contributed by atoms with Crippen LogP contribution >= 0.6 is 0 Å². The Hall–Kier alpha value is -2.63. The zero-order valence-corrected chi connectivity index (χ0v) is 13.7. The number of fused-ring (bicyclic) bond motifs is 1. The fraction of sp³-hybridized carbons (Fsp3) is 0.389. The average molecular weight is 323 g/mol. The van der Waals surface area contributed by atoms with Crippen LogP contribution in [0.25, 0.3) is 11.0 Å². The minimum atomic E-state index is -0.0541. The monoisotopic (exact) mass is 323 g/mol. The van der Waals surface area contributed by atoms with Crippen molar-refractivity contribution in [2.45, 2.75) is 44.7 Å². The van der Waals surface area contributed by atoms with Crippen molar-refractivity contribution in [1.82, 2.24) is 25.1 Å². The van der Waals surface area contributed by atoms with Gasteiger partial charge in [-0.05, 0) is 56.4 Å². The number of nitrogens with zero attached hydrogens (tertiary/aromatic N) is 3. The summed E-state index contributed by atoms with van der Waals surface area (Å²) < 4.78 is 2.28. The number of H-pyrrole nitrogens is 1. The standard InChI is InChI=1S/C18H21N5O/c1-12-11-20-22-16(12)18(24)21-14-4-6-15(7-5-14)23-10-8-13-3-2-9-19-17(13)23/h2-3,8-11,14-15H,4-7H2,1H3,(H,20,22)(H,21,24). The number of carbonyl (C=O) groups excluding carboxylic acids is 1. The molecule has 6 nitrogen and oxygen atoms in total. The highest BCUT2D eigenvalue weighted by Crippen LogP contribution is 2.31. The summed E-state index contributed by atoms with van der Waals surface area (Å²) in [6, 6.07) is 6.87. The first-order chi connectivity index (χ1) is 11.7. The van der Waals surface area contributed by atoms with Crippen LogP contribution in [0.15, 0.2) is 36.8 Å². The normalized spacial score (nSPS) is 21.0. The Morgan fingerprint density at radius 1 is 1.29 bits per heavy atom. The van der Waals surface area contributed by atoms with Crippen molar-refractivity contribution in [1.29, 1.82) is 0 Å². The molecule has 0 spiro atoms. The van der Waals surface area contributed by atoms with Crippen LogP contribution in [0.3, 0.4) is 0 Å². The van der Waals surface area contributed by atoms with Gasteiger partial charge >= 0.3 is 0 Å². The molecule has 0 bridgehead atoms. The lowest BCUT2D eigenvalue weighted by Gasteiger charge is -2.30. The van der Waals surface area contributed by atoms with Gasteiger partial charge in [0.05, 0.1) is 6.20 Å². The predicted molar refractivity (Wildman–Crippen MR) is 91.8 cm³/mol. The van der Waals surface area contributed by atoms with Gasteiger partial charge in [0.25, 0.3) is 5.91 Å². The molecule has 0 atom stereocenters.